The maximum Gasteiger partial charge on any atom is 0.323 e. The van der Waals surface area contributed by atoms with Gasteiger partial charge in [-0.05, 0) is 71.0 Å². The Balaban J connectivity index is 1.68. The molecule has 4 nitrogen and oxygen atoms in total. The number of hydrogen-bond donors (Lipinski definition) is 1. The second kappa shape index (κ2) is 7.41. The van der Waals surface area contributed by atoms with Crippen molar-refractivity contribution in [3.05, 3.63) is 0 Å². The van der Waals surface area contributed by atoms with Crippen LogP contribution in [0.15, 0.2) is 0 Å². The number of ether oxygens (including phenoxy) is 1. The van der Waals surface area contributed by atoms with Crippen LogP contribution in [0.1, 0.15) is 39.0 Å². The van der Waals surface area contributed by atoms with Crippen molar-refractivity contribution in [3.8, 4) is 0 Å². The van der Waals surface area contributed by atoms with Gasteiger partial charge < -0.3 is 15.0 Å². The molecule has 0 radical (unpaired) electrons. The molecule has 2 rings (SSSR count). The fraction of sp³-hybridized carbons (Fsp3) is 0.938. The van der Waals surface area contributed by atoms with Gasteiger partial charge in [-0.3, -0.25) is 4.79 Å². The monoisotopic (exact) mass is 282 g/mol. The van der Waals surface area contributed by atoms with Gasteiger partial charge in [-0.25, -0.2) is 0 Å². The van der Waals surface area contributed by atoms with Gasteiger partial charge in [-0.15, -0.1) is 0 Å². The molecule has 0 aliphatic heterocycles. The second-order valence-electron chi connectivity index (χ2n) is 6.58. The smallest absolute Gasteiger partial charge is 0.323 e. The minimum Gasteiger partial charge on any atom is -0.465 e. The molecule has 0 aromatic carbocycles. The Morgan fingerprint density at radius 1 is 1.40 bits per heavy atom. The molecule has 20 heavy (non-hydrogen) atoms. The quantitative estimate of drug-likeness (QED) is 0.690. The zero-order chi connectivity index (χ0) is 14.5. The van der Waals surface area contributed by atoms with Gasteiger partial charge in [0.15, 0.2) is 0 Å². The highest BCUT2D eigenvalue weighted by Crippen LogP contribution is 2.48. The predicted molar refractivity (Wildman–Crippen MR) is 80.5 cm³/mol. The summed E-state index contributed by atoms with van der Waals surface area (Å²) in [7, 11) is 4.02. The number of hydrogen-bond acceptors (Lipinski definition) is 4. The predicted octanol–water partition coefficient (Wildman–Crippen LogP) is 1.90. The van der Waals surface area contributed by atoms with Crippen LogP contribution in [0.4, 0.5) is 0 Å². The van der Waals surface area contributed by atoms with Crippen molar-refractivity contribution >= 4 is 5.97 Å². The molecule has 0 spiro atoms. The summed E-state index contributed by atoms with van der Waals surface area (Å²) < 4.78 is 5.08. The van der Waals surface area contributed by atoms with Crippen LogP contribution in [-0.2, 0) is 9.53 Å². The highest BCUT2D eigenvalue weighted by Gasteiger charge is 2.39. The Hall–Kier alpha value is -0.610. The molecule has 4 atom stereocenters. The first-order valence-corrected chi connectivity index (χ1v) is 8.16. The average molecular weight is 282 g/mol. The van der Waals surface area contributed by atoms with Crippen LogP contribution in [0, 0.1) is 17.8 Å². The molecule has 0 amide bonds. The van der Waals surface area contributed by atoms with Gasteiger partial charge in [0.1, 0.15) is 6.04 Å². The van der Waals surface area contributed by atoms with E-state index in [-0.39, 0.29) is 12.0 Å². The fourth-order valence-electron chi connectivity index (χ4n) is 4.06. The van der Waals surface area contributed by atoms with Crippen molar-refractivity contribution in [1.82, 2.24) is 10.2 Å². The molecule has 2 aliphatic rings. The van der Waals surface area contributed by atoms with E-state index in [0.29, 0.717) is 6.61 Å². The van der Waals surface area contributed by atoms with E-state index < -0.39 is 0 Å². The van der Waals surface area contributed by atoms with Crippen molar-refractivity contribution in [2.45, 2.75) is 45.1 Å². The van der Waals surface area contributed by atoms with Crippen LogP contribution in [0.5, 0.6) is 0 Å². The van der Waals surface area contributed by atoms with Gasteiger partial charge in [0, 0.05) is 6.54 Å². The average Bonchev–Trinajstić information content (AvgIpc) is 3.02. The number of likely N-dealkylation sites (N-methyl/N-ethyl adjacent to an activating group) is 1. The maximum atomic E-state index is 11.7. The van der Waals surface area contributed by atoms with Gasteiger partial charge in [-0.1, -0.05) is 6.42 Å². The summed E-state index contributed by atoms with van der Waals surface area (Å²) in [6, 6.07) is -0.169. The first-order chi connectivity index (χ1) is 9.63. The lowest BCUT2D eigenvalue weighted by atomic mass is 9.88. The van der Waals surface area contributed by atoms with Gasteiger partial charge in [0.05, 0.1) is 6.61 Å². The molecule has 0 aromatic heterocycles. The van der Waals surface area contributed by atoms with Crippen LogP contribution < -0.4 is 5.32 Å². The molecule has 0 aromatic rings. The zero-order valence-corrected chi connectivity index (χ0v) is 13.2. The third kappa shape index (κ3) is 3.95. The van der Waals surface area contributed by atoms with Crippen molar-refractivity contribution < 1.29 is 9.53 Å². The number of rotatable bonds is 8. The minimum atomic E-state index is -0.169. The van der Waals surface area contributed by atoms with Crippen molar-refractivity contribution in [2.24, 2.45) is 17.8 Å². The minimum absolute atomic E-state index is 0.122. The van der Waals surface area contributed by atoms with E-state index in [4.69, 9.17) is 4.74 Å². The molecule has 1 N–H and O–H groups in total. The van der Waals surface area contributed by atoms with E-state index in [2.05, 4.69) is 17.3 Å². The molecule has 2 saturated carbocycles. The van der Waals surface area contributed by atoms with Gasteiger partial charge in [-0.2, -0.15) is 0 Å². The first-order valence-electron chi connectivity index (χ1n) is 8.16. The van der Waals surface area contributed by atoms with E-state index in [1.807, 2.05) is 14.0 Å². The summed E-state index contributed by atoms with van der Waals surface area (Å²) in [5.74, 6) is 2.77. The SMILES string of the molecule is CCOC(=O)C(CCN(C)CC1CC2CCC1C2)NC. The Morgan fingerprint density at radius 2 is 2.20 bits per heavy atom. The lowest BCUT2D eigenvalue weighted by Gasteiger charge is -2.28. The van der Waals surface area contributed by atoms with E-state index >= 15 is 0 Å². The second-order valence-corrected chi connectivity index (χ2v) is 6.58. The van der Waals surface area contributed by atoms with Crippen LogP contribution in [0.25, 0.3) is 0 Å². The normalized spacial score (nSPS) is 29.9. The fourth-order valence-corrected chi connectivity index (χ4v) is 4.06. The third-order valence-corrected chi connectivity index (χ3v) is 5.15. The Bertz CT molecular complexity index is 322. The Morgan fingerprint density at radius 3 is 2.75 bits per heavy atom. The molecule has 0 saturated heterocycles. The Labute approximate surface area is 123 Å². The van der Waals surface area contributed by atoms with E-state index in [9.17, 15) is 4.79 Å². The number of nitrogens with zero attached hydrogens (tertiary/aromatic N) is 1. The summed E-state index contributed by atoms with van der Waals surface area (Å²) in [4.78, 5) is 14.1. The first kappa shape index (κ1) is 15.8. The topological polar surface area (TPSA) is 41.6 Å². The standard InChI is InChI=1S/C16H30N2O2/c1-4-20-16(19)15(17-2)7-8-18(3)11-14-10-12-5-6-13(14)9-12/h12-15,17H,4-11H2,1-3H3. The van der Waals surface area contributed by atoms with Crippen LogP contribution in [-0.4, -0.2) is 50.7 Å². The van der Waals surface area contributed by atoms with Crippen LogP contribution in [0.3, 0.4) is 0 Å². The highest BCUT2D eigenvalue weighted by atomic mass is 16.5. The Kier molecular flexibility index (Phi) is 5.85. The molecular weight excluding hydrogens is 252 g/mol. The molecule has 2 aliphatic carbocycles. The van der Waals surface area contributed by atoms with Crippen LogP contribution in [0.2, 0.25) is 0 Å². The van der Waals surface area contributed by atoms with E-state index in [1.165, 1.54) is 32.2 Å². The van der Waals surface area contributed by atoms with E-state index in [0.717, 1.165) is 30.7 Å². The van der Waals surface area contributed by atoms with Crippen LogP contribution >= 0.6 is 0 Å². The van der Waals surface area contributed by atoms with Crippen molar-refractivity contribution in [1.29, 1.82) is 0 Å². The van der Waals surface area contributed by atoms with E-state index in [1.54, 1.807) is 0 Å². The number of nitrogens with one attached hydrogen (secondary N) is 1. The number of carbonyl (C=O) groups is 1. The summed E-state index contributed by atoms with van der Waals surface area (Å²) in [5.41, 5.74) is 0. The molecule has 0 heterocycles. The molecular formula is C16H30N2O2. The van der Waals surface area contributed by atoms with Gasteiger partial charge in [0.25, 0.3) is 0 Å². The summed E-state index contributed by atoms with van der Waals surface area (Å²) >= 11 is 0. The number of esters is 1. The molecule has 4 unspecified atom stereocenters. The number of fused-ring (bicyclic) bond motifs is 2. The molecule has 2 fully saturated rings. The van der Waals surface area contributed by atoms with Gasteiger partial charge in [0.2, 0.25) is 0 Å². The number of carbonyl (C=O) groups excluding carboxylic acids is 1. The molecule has 2 bridgehead atoms. The maximum absolute atomic E-state index is 11.7. The zero-order valence-electron chi connectivity index (χ0n) is 13.2. The largest absolute Gasteiger partial charge is 0.465 e. The van der Waals surface area contributed by atoms with Crippen molar-refractivity contribution in [2.75, 3.05) is 33.8 Å². The summed E-state index contributed by atoms with van der Waals surface area (Å²) in [6.07, 6.45) is 6.65. The highest BCUT2D eigenvalue weighted by molar-refractivity contribution is 5.75. The lowest BCUT2D eigenvalue weighted by molar-refractivity contribution is -0.145. The lowest BCUT2D eigenvalue weighted by Crippen LogP contribution is -2.39. The molecule has 116 valence electrons. The third-order valence-electron chi connectivity index (χ3n) is 5.15. The van der Waals surface area contributed by atoms with Crippen molar-refractivity contribution in [3.63, 3.8) is 0 Å². The van der Waals surface area contributed by atoms with Gasteiger partial charge >= 0.3 is 5.97 Å². The summed E-state index contributed by atoms with van der Waals surface area (Å²) in [5, 5.41) is 3.06. The summed E-state index contributed by atoms with van der Waals surface area (Å²) in [6.45, 7) is 4.46. The molecule has 4 heteroatoms.